The van der Waals surface area contributed by atoms with Gasteiger partial charge < -0.3 is 14.7 Å². The van der Waals surface area contributed by atoms with Crippen molar-refractivity contribution in [1.82, 2.24) is 14.9 Å². The average Bonchev–Trinajstić information content (AvgIpc) is 2.97. The zero-order valence-corrected chi connectivity index (χ0v) is 17.3. The molecule has 152 valence electrons. The van der Waals surface area contributed by atoms with E-state index in [0.29, 0.717) is 50.5 Å². The molecule has 0 radical (unpaired) electrons. The van der Waals surface area contributed by atoms with Gasteiger partial charge in [-0.2, -0.15) is 0 Å². The van der Waals surface area contributed by atoms with Crippen molar-refractivity contribution >= 4 is 23.5 Å². The van der Waals surface area contributed by atoms with E-state index < -0.39 is 5.41 Å². The second-order valence-corrected chi connectivity index (χ2v) is 7.69. The fourth-order valence-corrected chi connectivity index (χ4v) is 4.61. The number of carbonyl (C=O) groups excluding carboxylic acids is 2. The van der Waals surface area contributed by atoms with Crippen LogP contribution in [-0.4, -0.2) is 59.9 Å². The summed E-state index contributed by atoms with van der Waals surface area (Å²) in [7, 11) is 1.83. The zero-order chi connectivity index (χ0) is 20.6. The third-order valence-corrected chi connectivity index (χ3v) is 6.34. The Hall–Kier alpha value is -2.96. The van der Waals surface area contributed by atoms with Gasteiger partial charge in [0.15, 0.2) is 0 Å². The Balaban J connectivity index is 1.66. The van der Waals surface area contributed by atoms with Gasteiger partial charge in [-0.15, -0.1) is 0 Å². The number of anilines is 2. The second kappa shape index (κ2) is 7.46. The maximum atomic E-state index is 13.3. The summed E-state index contributed by atoms with van der Waals surface area (Å²) in [5.41, 5.74) is 1.98. The Morgan fingerprint density at radius 1 is 1.14 bits per heavy atom. The molecule has 0 bridgehead atoms. The number of hydrogen-bond acceptors (Lipinski definition) is 5. The highest BCUT2D eigenvalue weighted by molar-refractivity contribution is 6.09. The first-order valence-corrected chi connectivity index (χ1v) is 10.3. The van der Waals surface area contributed by atoms with Gasteiger partial charge in [0.25, 0.3) is 5.91 Å². The number of amides is 2. The van der Waals surface area contributed by atoms with Crippen molar-refractivity contribution < 1.29 is 9.59 Å². The fraction of sp³-hybridized carbons (Fsp3) is 0.455. The van der Waals surface area contributed by atoms with Gasteiger partial charge in [0, 0.05) is 56.9 Å². The standard InChI is InChI=1S/C22H27N5O2/c1-4-26(5-2)19(28)16-7-8-18-17(15-16)22(20(29)25(18)3)9-13-27(14-10-22)21-23-11-6-12-24-21/h6-8,11-12,15H,4-5,9-10,13-14H2,1-3H3. The van der Waals surface area contributed by atoms with E-state index in [2.05, 4.69) is 14.9 Å². The first-order chi connectivity index (χ1) is 14.0. The molecule has 2 aliphatic heterocycles. The van der Waals surface area contributed by atoms with Crippen molar-refractivity contribution in [2.75, 3.05) is 43.0 Å². The lowest BCUT2D eigenvalue weighted by Crippen LogP contribution is -2.48. The molecule has 1 spiro atoms. The molecule has 7 heteroatoms. The van der Waals surface area contributed by atoms with Gasteiger partial charge in [-0.05, 0) is 56.5 Å². The molecule has 2 aromatic rings. The number of aromatic nitrogens is 2. The third-order valence-electron chi connectivity index (χ3n) is 6.34. The molecule has 0 N–H and O–H groups in total. The third kappa shape index (κ3) is 3.05. The smallest absolute Gasteiger partial charge is 0.253 e. The van der Waals surface area contributed by atoms with Crippen LogP contribution in [0.5, 0.6) is 0 Å². The van der Waals surface area contributed by atoms with Crippen molar-refractivity contribution in [2.45, 2.75) is 32.1 Å². The molecule has 3 heterocycles. The summed E-state index contributed by atoms with van der Waals surface area (Å²) < 4.78 is 0. The topological polar surface area (TPSA) is 69.6 Å². The van der Waals surface area contributed by atoms with Gasteiger partial charge in [-0.25, -0.2) is 9.97 Å². The highest BCUT2D eigenvalue weighted by Crippen LogP contribution is 2.48. The number of hydrogen-bond donors (Lipinski definition) is 0. The minimum Gasteiger partial charge on any atom is -0.341 e. The minimum atomic E-state index is -0.574. The molecule has 0 atom stereocenters. The zero-order valence-electron chi connectivity index (χ0n) is 17.3. The molecule has 4 rings (SSSR count). The van der Waals surface area contributed by atoms with E-state index in [4.69, 9.17) is 0 Å². The Labute approximate surface area is 171 Å². The van der Waals surface area contributed by atoms with Crippen molar-refractivity contribution in [2.24, 2.45) is 0 Å². The Morgan fingerprint density at radius 2 is 1.79 bits per heavy atom. The predicted octanol–water partition coefficient (Wildman–Crippen LogP) is 2.47. The van der Waals surface area contributed by atoms with Crippen molar-refractivity contribution in [3.05, 3.63) is 47.8 Å². The van der Waals surface area contributed by atoms with Gasteiger partial charge in [0.1, 0.15) is 0 Å². The Bertz CT molecular complexity index is 918. The number of likely N-dealkylation sites (N-methyl/N-ethyl adjacent to an activating group) is 1. The summed E-state index contributed by atoms with van der Waals surface area (Å²) >= 11 is 0. The second-order valence-electron chi connectivity index (χ2n) is 7.69. The lowest BCUT2D eigenvalue weighted by molar-refractivity contribution is -0.123. The number of piperidine rings is 1. The van der Waals surface area contributed by atoms with Gasteiger partial charge in [0.2, 0.25) is 11.9 Å². The molecule has 7 nitrogen and oxygen atoms in total. The van der Waals surface area contributed by atoms with E-state index in [1.54, 1.807) is 23.4 Å². The summed E-state index contributed by atoms with van der Waals surface area (Å²) in [4.78, 5) is 40.5. The molecule has 29 heavy (non-hydrogen) atoms. The number of nitrogens with zero attached hydrogens (tertiary/aromatic N) is 5. The molecule has 2 amide bonds. The molecule has 2 aliphatic rings. The van der Waals surface area contributed by atoms with E-state index in [0.717, 1.165) is 11.3 Å². The predicted molar refractivity (Wildman–Crippen MR) is 112 cm³/mol. The van der Waals surface area contributed by atoms with Crippen LogP contribution < -0.4 is 9.80 Å². The maximum Gasteiger partial charge on any atom is 0.253 e. The quantitative estimate of drug-likeness (QED) is 0.798. The first kappa shape index (κ1) is 19.4. The summed E-state index contributed by atoms with van der Waals surface area (Å²) in [5, 5.41) is 0. The fourth-order valence-electron chi connectivity index (χ4n) is 4.61. The van der Waals surface area contributed by atoms with Crippen LogP contribution in [-0.2, 0) is 10.2 Å². The lowest BCUT2D eigenvalue weighted by atomic mass is 9.73. The molecular formula is C22H27N5O2. The summed E-state index contributed by atoms with van der Waals surface area (Å²) in [6, 6.07) is 7.52. The van der Waals surface area contributed by atoms with Crippen LogP contribution in [0, 0.1) is 0 Å². The number of benzene rings is 1. The molecule has 0 aliphatic carbocycles. The summed E-state index contributed by atoms with van der Waals surface area (Å²) in [6.07, 6.45) is 4.85. The molecule has 0 unspecified atom stereocenters. The van der Waals surface area contributed by atoms with Crippen LogP contribution in [0.25, 0.3) is 0 Å². The molecule has 1 saturated heterocycles. The average molecular weight is 393 g/mol. The molecule has 1 fully saturated rings. The molecule has 0 saturated carbocycles. The van der Waals surface area contributed by atoms with Gasteiger partial charge in [0.05, 0.1) is 5.41 Å². The van der Waals surface area contributed by atoms with Gasteiger partial charge in [-0.1, -0.05) is 0 Å². The van der Waals surface area contributed by atoms with E-state index in [-0.39, 0.29) is 11.8 Å². The van der Waals surface area contributed by atoms with E-state index >= 15 is 0 Å². The van der Waals surface area contributed by atoms with Crippen LogP contribution in [0.2, 0.25) is 0 Å². The molecule has 1 aromatic carbocycles. The number of rotatable bonds is 4. The largest absolute Gasteiger partial charge is 0.341 e. The number of fused-ring (bicyclic) bond motifs is 2. The highest BCUT2D eigenvalue weighted by Gasteiger charge is 2.51. The summed E-state index contributed by atoms with van der Waals surface area (Å²) in [5.74, 6) is 0.838. The van der Waals surface area contributed by atoms with Gasteiger partial charge >= 0.3 is 0 Å². The van der Waals surface area contributed by atoms with Crippen LogP contribution in [0.4, 0.5) is 11.6 Å². The minimum absolute atomic E-state index is 0.0186. The normalized spacial score (nSPS) is 17.6. The van der Waals surface area contributed by atoms with Crippen LogP contribution in [0.3, 0.4) is 0 Å². The first-order valence-electron chi connectivity index (χ1n) is 10.3. The van der Waals surface area contributed by atoms with E-state index in [1.165, 1.54) is 0 Å². The van der Waals surface area contributed by atoms with Crippen LogP contribution in [0.15, 0.2) is 36.7 Å². The van der Waals surface area contributed by atoms with Crippen molar-refractivity contribution in [3.8, 4) is 0 Å². The van der Waals surface area contributed by atoms with Gasteiger partial charge in [-0.3, -0.25) is 9.59 Å². The van der Waals surface area contributed by atoms with Crippen LogP contribution in [0.1, 0.15) is 42.6 Å². The van der Waals surface area contributed by atoms with Crippen molar-refractivity contribution in [1.29, 1.82) is 0 Å². The highest BCUT2D eigenvalue weighted by atomic mass is 16.2. The molecular weight excluding hydrogens is 366 g/mol. The SMILES string of the molecule is CCN(CC)C(=O)c1ccc2c(c1)C1(CCN(c3ncccn3)CC1)C(=O)N2C. The maximum absolute atomic E-state index is 13.3. The molecule has 1 aromatic heterocycles. The van der Waals surface area contributed by atoms with Crippen LogP contribution >= 0.6 is 0 Å². The Morgan fingerprint density at radius 3 is 2.41 bits per heavy atom. The van der Waals surface area contributed by atoms with E-state index in [1.807, 2.05) is 44.0 Å². The lowest BCUT2D eigenvalue weighted by Gasteiger charge is -2.38. The van der Waals surface area contributed by atoms with Crippen molar-refractivity contribution in [3.63, 3.8) is 0 Å². The number of carbonyl (C=O) groups is 2. The summed E-state index contributed by atoms with van der Waals surface area (Å²) in [6.45, 7) is 6.71. The monoisotopic (exact) mass is 393 g/mol. The van der Waals surface area contributed by atoms with E-state index in [9.17, 15) is 9.59 Å². The Kier molecular flexibility index (Phi) is 4.98.